The maximum absolute atomic E-state index is 10.3. The fourth-order valence-corrected chi connectivity index (χ4v) is 1.66. The van der Waals surface area contributed by atoms with Gasteiger partial charge >= 0.3 is 5.97 Å². The zero-order valence-corrected chi connectivity index (χ0v) is 12.9. The Morgan fingerprint density at radius 2 is 1.79 bits per heavy atom. The van der Waals surface area contributed by atoms with Gasteiger partial charge in [0.05, 0.1) is 6.61 Å². The van der Waals surface area contributed by atoms with Crippen molar-refractivity contribution in [3.05, 3.63) is 35.9 Å². The van der Waals surface area contributed by atoms with Gasteiger partial charge in [0.1, 0.15) is 0 Å². The zero-order valence-electron chi connectivity index (χ0n) is 12.9. The molecule has 2 amide bonds. The van der Waals surface area contributed by atoms with Crippen LogP contribution in [0.2, 0.25) is 0 Å². The molecule has 132 valence electrons. The number of aliphatic hydroxyl groups is 1. The first-order chi connectivity index (χ1) is 11.4. The molecule has 1 saturated heterocycles. The molecule has 0 bridgehead atoms. The van der Waals surface area contributed by atoms with Gasteiger partial charge in [0.25, 0.3) is 11.8 Å². The van der Waals surface area contributed by atoms with Crippen LogP contribution in [0.25, 0.3) is 0 Å². The van der Waals surface area contributed by atoms with E-state index in [9.17, 15) is 14.4 Å². The summed E-state index contributed by atoms with van der Waals surface area (Å²) in [4.78, 5) is 35.8. The predicted molar refractivity (Wildman–Crippen MR) is 80.4 cm³/mol. The number of imide groups is 1. The number of nitrogens with zero attached hydrogens (tertiary/aromatic N) is 1. The first kappa shape index (κ1) is 19.7. The summed E-state index contributed by atoms with van der Waals surface area (Å²) in [6, 6.07) is 9.58. The number of carboxylic acid groups (broad SMARTS) is 1. The molecule has 1 aromatic rings. The second-order valence-electron chi connectivity index (χ2n) is 4.91. The lowest BCUT2D eigenvalue weighted by Crippen LogP contribution is -2.26. The lowest BCUT2D eigenvalue weighted by molar-refractivity contribution is -0.171. The molecule has 0 radical (unpaired) electrons. The second kappa shape index (κ2) is 10.4. The molecule has 0 saturated carbocycles. The molecule has 1 atom stereocenters. The molecule has 1 unspecified atom stereocenters. The Balaban J connectivity index is 0.000000300. The third-order valence-electron chi connectivity index (χ3n) is 3.01. The first-order valence-corrected chi connectivity index (χ1v) is 7.26. The van der Waals surface area contributed by atoms with Gasteiger partial charge in [-0.3, -0.25) is 19.6 Å². The lowest BCUT2D eigenvalue weighted by Gasteiger charge is -2.07. The van der Waals surface area contributed by atoms with Crippen molar-refractivity contribution >= 4 is 17.8 Å². The Morgan fingerprint density at radius 1 is 1.21 bits per heavy atom. The van der Waals surface area contributed by atoms with Crippen LogP contribution < -0.4 is 5.48 Å². The smallest absolute Gasteiger partial charge is 0.332 e. The zero-order chi connectivity index (χ0) is 17.9. The average molecular weight is 340 g/mol. The Morgan fingerprint density at radius 3 is 2.25 bits per heavy atom. The van der Waals surface area contributed by atoms with Gasteiger partial charge < -0.3 is 10.2 Å². The molecule has 9 heteroatoms. The topological polar surface area (TPSA) is 136 Å². The molecule has 2 rings (SSSR count). The van der Waals surface area contributed by atoms with Gasteiger partial charge in [0, 0.05) is 19.4 Å². The van der Waals surface area contributed by atoms with Crippen LogP contribution in [0.15, 0.2) is 30.3 Å². The van der Waals surface area contributed by atoms with Crippen molar-refractivity contribution in [3.8, 4) is 0 Å². The summed E-state index contributed by atoms with van der Waals surface area (Å²) in [5.74, 6) is -2.23. The lowest BCUT2D eigenvalue weighted by atomic mass is 10.2. The molecular weight excluding hydrogens is 320 g/mol. The molecular formula is C15H20N2O7. The van der Waals surface area contributed by atoms with Crippen molar-refractivity contribution in [3.63, 3.8) is 0 Å². The van der Waals surface area contributed by atoms with Crippen LogP contribution in [0, 0.1) is 0 Å². The number of benzene rings is 1. The number of carbonyl (C=O) groups excluding carboxylic acids is 2. The minimum absolute atomic E-state index is 0.115. The molecule has 9 nitrogen and oxygen atoms in total. The SMILES string of the molecule is O=C(O)C(O)CCNOCc1ccccc1.O=C1CCC(=O)N1O. The van der Waals surface area contributed by atoms with E-state index in [0.717, 1.165) is 5.56 Å². The van der Waals surface area contributed by atoms with Crippen molar-refractivity contribution in [1.29, 1.82) is 0 Å². The molecule has 0 spiro atoms. The molecule has 0 aliphatic carbocycles. The van der Waals surface area contributed by atoms with Gasteiger partial charge in [-0.1, -0.05) is 30.3 Å². The Bertz CT molecular complexity index is 534. The summed E-state index contributed by atoms with van der Waals surface area (Å²) in [6.45, 7) is 0.699. The van der Waals surface area contributed by atoms with Crippen LogP contribution in [0.1, 0.15) is 24.8 Å². The number of aliphatic carboxylic acids is 1. The van der Waals surface area contributed by atoms with Gasteiger partial charge in [-0.15, -0.1) is 0 Å². The van der Waals surface area contributed by atoms with E-state index in [2.05, 4.69) is 5.48 Å². The second-order valence-corrected chi connectivity index (χ2v) is 4.91. The highest BCUT2D eigenvalue weighted by atomic mass is 16.6. The Labute approximate surface area is 138 Å². The van der Waals surface area contributed by atoms with Crippen molar-refractivity contribution in [2.24, 2.45) is 0 Å². The largest absolute Gasteiger partial charge is 0.479 e. The Kier molecular flexibility index (Phi) is 8.58. The highest BCUT2D eigenvalue weighted by Crippen LogP contribution is 2.07. The molecule has 0 aromatic heterocycles. The summed E-state index contributed by atoms with van der Waals surface area (Å²) in [5.41, 5.74) is 3.62. The molecule has 1 aliphatic rings. The normalized spacial score (nSPS) is 15.0. The summed E-state index contributed by atoms with van der Waals surface area (Å²) in [7, 11) is 0. The first-order valence-electron chi connectivity index (χ1n) is 7.26. The van der Waals surface area contributed by atoms with Crippen LogP contribution >= 0.6 is 0 Å². The van der Waals surface area contributed by atoms with Gasteiger partial charge in [0.15, 0.2) is 6.10 Å². The molecule has 1 heterocycles. The van der Waals surface area contributed by atoms with Gasteiger partial charge in [-0.25, -0.2) is 10.3 Å². The van der Waals surface area contributed by atoms with Gasteiger partial charge in [-0.2, -0.15) is 5.06 Å². The monoisotopic (exact) mass is 340 g/mol. The van der Waals surface area contributed by atoms with E-state index in [4.69, 9.17) is 20.3 Å². The summed E-state index contributed by atoms with van der Waals surface area (Å²) < 4.78 is 0. The number of carbonyl (C=O) groups is 3. The van der Waals surface area contributed by atoms with Gasteiger partial charge in [-0.05, 0) is 12.0 Å². The van der Waals surface area contributed by atoms with Crippen molar-refractivity contribution in [2.45, 2.75) is 32.0 Å². The summed E-state index contributed by atoms with van der Waals surface area (Å²) in [6.07, 6.45) is -0.928. The van der Waals surface area contributed by atoms with E-state index in [-0.39, 0.29) is 24.3 Å². The third-order valence-corrected chi connectivity index (χ3v) is 3.01. The number of carboxylic acids is 1. The fourth-order valence-electron chi connectivity index (χ4n) is 1.66. The number of hydroxylamine groups is 3. The highest BCUT2D eigenvalue weighted by molar-refractivity contribution is 6.00. The van der Waals surface area contributed by atoms with Gasteiger partial charge in [0.2, 0.25) is 0 Å². The van der Waals surface area contributed by atoms with Crippen molar-refractivity contribution in [2.75, 3.05) is 6.54 Å². The van der Waals surface area contributed by atoms with Crippen molar-refractivity contribution in [1.82, 2.24) is 10.5 Å². The van der Waals surface area contributed by atoms with E-state index in [0.29, 0.717) is 13.2 Å². The van der Waals surface area contributed by atoms with Crippen LogP contribution in [-0.2, 0) is 25.8 Å². The quantitative estimate of drug-likeness (QED) is 0.237. The van der Waals surface area contributed by atoms with E-state index >= 15 is 0 Å². The van der Waals surface area contributed by atoms with E-state index in [1.165, 1.54) is 0 Å². The molecule has 24 heavy (non-hydrogen) atoms. The third kappa shape index (κ3) is 7.29. The number of nitrogens with one attached hydrogen (secondary N) is 1. The highest BCUT2D eigenvalue weighted by Gasteiger charge is 2.26. The molecule has 1 aliphatic heterocycles. The average Bonchev–Trinajstić information content (AvgIpc) is 2.87. The number of rotatable bonds is 7. The van der Waals surface area contributed by atoms with Crippen LogP contribution in [0.5, 0.6) is 0 Å². The summed E-state index contributed by atoms with van der Waals surface area (Å²) >= 11 is 0. The molecule has 1 aromatic carbocycles. The Hall–Kier alpha value is -2.33. The number of amides is 2. The van der Waals surface area contributed by atoms with Crippen LogP contribution in [-0.4, -0.2) is 50.9 Å². The standard InChI is InChI=1S/C11H15NO4.C4H5NO3/c13-10(11(14)15)6-7-12-16-8-9-4-2-1-3-5-9;6-3-1-2-4(7)5(3)8/h1-5,10,12-13H,6-8H2,(H,14,15);8H,1-2H2. The maximum Gasteiger partial charge on any atom is 0.332 e. The fraction of sp³-hybridized carbons (Fsp3) is 0.400. The maximum atomic E-state index is 10.3. The predicted octanol–water partition coefficient (Wildman–Crippen LogP) is 0.0680. The molecule has 1 fully saturated rings. The van der Waals surface area contributed by atoms with E-state index in [1.54, 1.807) is 0 Å². The van der Waals surface area contributed by atoms with Crippen LogP contribution in [0.4, 0.5) is 0 Å². The number of aliphatic hydroxyl groups excluding tert-OH is 1. The molecule has 4 N–H and O–H groups in total. The summed E-state index contributed by atoms with van der Waals surface area (Å²) in [5, 5.41) is 25.9. The van der Waals surface area contributed by atoms with E-state index < -0.39 is 23.9 Å². The van der Waals surface area contributed by atoms with Crippen LogP contribution in [0.3, 0.4) is 0 Å². The minimum atomic E-state index is -1.34. The van der Waals surface area contributed by atoms with Crippen molar-refractivity contribution < 1.29 is 34.6 Å². The number of hydrogen-bond donors (Lipinski definition) is 4. The number of hydrogen-bond acceptors (Lipinski definition) is 7. The minimum Gasteiger partial charge on any atom is -0.479 e. The van der Waals surface area contributed by atoms with E-state index in [1.807, 2.05) is 30.3 Å².